The van der Waals surface area contributed by atoms with E-state index in [-0.39, 0.29) is 28.6 Å². The Morgan fingerprint density at radius 2 is 1.79 bits per heavy atom. The number of benzene rings is 1. The third-order valence-corrected chi connectivity index (χ3v) is 6.04. The maximum Gasteiger partial charge on any atom is 0.350 e. The van der Waals surface area contributed by atoms with Crippen molar-refractivity contribution in [1.29, 1.82) is 0 Å². The van der Waals surface area contributed by atoms with Crippen molar-refractivity contribution in [3.05, 3.63) is 68.2 Å². The largest absolute Gasteiger partial charge is 0.486 e. The number of H-pyrrole nitrogens is 1. The molecule has 0 amide bonds. The number of carbonyl (C=O) groups is 3. The van der Waals surface area contributed by atoms with Crippen LogP contribution in [-0.4, -0.2) is 40.9 Å². The number of aromatic amines is 1. The Labute approximate surface area is 193 Å². The number of aromatic nitrogens is 2. The number of thiazole rings is 1. The number of ketones is 1. The van der Waals surface area contributed by atoms with Gasteiger partial charge in [0.25, 0.3) is 0 Å². The van der Waals surface area contributed by atoms with Gasteiger partial charge in [-0.2, -0.15) is 0 Å². The number of rotatable bonds is 8. The number of Topliss-reactive ketones (excluding diaryl/α,β-unsaturated/α-hetero) is 1. The van der Waals surface area contributed by atoms with E-state index in [0.717, 1.165) is 11.3 Å². The van der Waals surface area contributed by atoms with Gasteiger partial charge in [0.2, 0.25) is 5.78 Å². The van der Waals surface area contributed by atoms with Crippen LogP contribution in [-0.2, 0) is 16.1 Å². The summed E-state index contributed by atoms with van der Waals surface area (Å²) in [4.78, 5) is 44.9. The van der Waals surface area contributed by atoms with Gasteiger partial charge in [-0.25, -0.2) is 19.0 Å². The van der Waals surface area contributed by atoms with Crippen LogP contribution >= 0.6 is 11.3 Å². The Morgan fingerprint density at radius 3 is 2.42 bits per heavy atom. The summed E-state index contributed by atoms with van der Waals surface area (Å²) in [5.41, 5.74) is 1.83. The Morgan fingerprint density at radius 1 is 1.12 bits per heavy atom. The molecule has 0 saturated heterocycles. The van der Waals surface area contributed by atoms with Crippen LogP contribution in [0.5, 0.6) is 5.75 Å². The first-order valence-electron chi connectivity index (χ1n) is 9.99. The standard InChI is InChI=1S/C23H23FN2O6S/c1-11-18(22(28)30-5)12(2)26-19(11)20(27)14(4)32-23(29)21-13(3)25-17(33-21)10-31-16-8-6-15(24)7-9-16/h6-9,14,26H,10H2,1-5H3. The second-order valence-electron chi connectivity index (χ2n) is 7.29. The maximum atomic E-state index is 13.0. The van der Waals surface area contributed by atoms with Gasteiger partial charge in [-0.1, -0.05) is 0 Å². The van der Waals surface area contributed by atoms with Gasteiger partial charge in [0.1, 0.15) is 28.1 Å². The smallest absolute Gasteiger partial charge is 0.350 e. The molecule has 0 bridgehead atoms. The minimum absolute atomic E-state index is 0.0934. The summed E-state index contributed by atoms with van der Waals surface area (Å²) in [5.74, 6) is -1.61. The second-order valence-corrected chi connectivity index (χ2v) is 8.38. The van der Waals surface area contributed by atoms with Crippen LogP contribution in [0.3, 0.4) is 0 Å². The van der Waals surface area contributed by atoms with E-state index in [1.165, 1.54) is 38.3 Å². The summed E-state index contributed by atoms with van der Waals surface area (Å²) in [6.45, 7) is 6.49. The van der Waals surface area contributed by atoms with Crippen molar-refractivity contribution in [3.63, 3.8) is 0 Å². The minimum Gasteiger partial charge on any atom is -0.486 e. The van der Waals surface area contributed by atoms with Crippen molar-refractivity contribution in [2.45, 2.75) is 40.4 Å². The highest BCUT2D eigenvalue weighted by Gasteiger charge is 2.28. The Hall–Kier alpha value is -3.53. The van der Waals surface area contributed by atoms with E-state index in [2.05, 4.69) is 9.97 Å². The fourth-order valence-corrected chi connectivity index (χ4v) is 4.12. The van der Waals surface area contributed by atoms with Crippen LogP contribution in [0.4, 0.5) is 4.39 Å². The van der Waals surface area contributed by atoms with E-state index in [4.69, 9.17) is 14.2 Å². The van der Waals surface area contributed by atoms with Gasteiger partial charge in [0.15, 0.2) is 6.10 Å². The number of methoxy groups -OCH3 is 1. The third-order valence-electron chi connectivity index (χ3n) is 4.93. The summed E-state index contributed by atoms with van der Waals surface area (Å²) >= 11 is 1.09. The quantitative estimate of drug-likeness (QED) is 0.382. The number of aryl methyl sites for hydroxylation is 2. The molecule has 0 spiro atoms. The van der Waals surface area contributed by atoms with Crippen molar-refractivity contribution in [2.75, 3.05) is 7.11 Å². The first-order valence-corrected chi connectivity index (χ1v) is 10.8. The average Bonchev–Trinajstić information content (AvgIpc) is 3.30. The lowest BCUT2D eigenvalue weighted by atomic mass is 10.1. The van der Waals surface area contributed by atoms with E-state index in [1.54, 1.807) is 20.8 Å². The first-order chi connectivity index (χ1) is 15.6. The minimum atomic E-state index is -1.10. The molecule has 3 aromatic rings. The molecule has 3 rings (SSSR count). The van der Waals surface area contributed by atoms with Gasteiger partial charge >= 0.3 is 11.9 Å². The number of carbonyl (C=O) groups excluding carboxylic acids is 3. The molecular weight excluding hydrogens is 451 g/mol. The Kier molecular flexibility index (Phi) is 7.27. The number of nitrogens with zero attached hydrogens (tertiary/aromatic N) is 1. The number of halogens is 1. The number of hydrogen-bond acceptors (Lipinski definition) is 8. The van der Waals surface area contributed by atoms with Gasteiger partial charge in [0, 0.05) is 5.69 Å². The number of esters is 2. The lowest BCUT2D eigenvalue weighted by molar-refractivity contribution is 0.0320. The molecular formula is C23H23FN2O6S. The van der Waals surface area contributed by atoms with Gasteiger partial charge < -0.3 is 19.2 Å². The highest BCUT2D eigenvalue weighted by atomic mass is 32.1. The highest BCUT2D eigenvalue weighted by molar-refractivity contribution is 7.13. The van der Waals surface area contributed by atoms with Crippen molar-refractivity contribution in [2.24, 2.45) is 0 Å². The summed E-state index contributed by atoms with van der Waals surface area (Å²) in [6.07, 6.45) is -1.10. The lowest BCUT2D eigenvalue weighted by Gasteiger charge is -2.11. The number of hydrogen-bond donors (Lipinski definition) is 1. The molecule has 0 fully saturated rings. The van der Waals surface area contributed by atoms with Gasteiger partial charge in [0.05, 0.1) is 24.1 Å². The van der Waals surface area contributed by atoms with Crippen LogP contribution in [0.25, 0.3) is 0 Å². The lowest BCUT2D eigenvalue weighted by Crippen LogP contribution is -2.25. The zero-order valence-corrected chi connectivity index (χ0v) is 19.6. The van der Waals surface area contributed by atoms with Crippen LogP contribution in [0, 0.1) is 26.6 Å². The summed E-state index contributed by atoms with van der Waals surface area (Å²) in [6, 6.07) is 5.55. The van der Waals surface area contributed by atoms with Crippen LogP contribution in [0.1, 0.15) is 59.4 Å². The summed E-state index contributed by atoms with van der Waals surface area (Å²) in [7, 11) is 1.26. The third kappa shape index (κ3) is 5.28. The molecule has 174 valence electrons. The zero-order chi connectivity index (χ0) is 24.3. The van der Waals surface area contributed by atoms with Gasteiger partial charge in [-0.15, -0.1) is 11.3 Å². The van der Waals surface area contributed by atoms with Crippen molar-refractivity contribution < 1.29 is 33.0 Å². The molecule has 1 aromatic carbocycles. The maximum absolute atomic E-state index is 13.0. The zero-order valence-electron chi connectivity index (χ0n) is 18.8. The normalized spacial score (nSPS) is 11.7. The number of nitrogens with one attached hydrogen (secondary N) is 1. The molecule has 8 nitrogen and oxygen atoms in total. The molecule has 0 aliphatic carbocycles. The summed E-state index contributed by atoms with van der Waals surface area (Å²) < 4.78 is 28.7. The number of ether oxygens (including phenoxy) is 3. The predicted molar refractivity (Wildman–Crippen MR) is 118 cm³/mol. The molecule has 0 aliphatic heterocycles. The van der Waals surface area contributed by atoms with Gasteiger partial charge in [-0.3, -0.25) is 4.79 Å². The molecule has 1 N–H and O–H groups in total. The Balaban J connectivity index is 1.68. The van der Waals surface area contributed by atoms with E-state index in [0.29, 0.717) is 27.7 Å². The average molecular weight is 475 g/mol. The Bertz CT molecular complexity index is 1200. The summed E-state index contributed by atoms with van der Waals surface area (Å²) in [5, 5.41) is 0.529. The molecule has 1 atom stereocenters. The van der Waals surface area contributed by atoms with E-state index in [9.17, 15) is 18.8 Å². The molecule has 0 radical (unpaired) electrons. The van der Waals surface area contributed by atoms with E-state index in [1.807, 2.05) is 0 Å². The van der Waals surface area contributed by atoms with Crippen molar-refractivity contribution in [3.8, 4) is 5.75 Å². The molecule has 33 heavy (non-hydrogen) atoms. The fourth-order valence-electron chi connectivity index (χ4n) is 3.25. The van der Waals surface area contributed by atoms with E-state index >= 15 is 0 Å². The first kappa shape index (κ1) is 24.1. The van der Waals surface area contributed by atoms with Gasteiger partial charge in [-0.05, 0) is 57.5 Å². The molecule has 0 aliphatic rings. The SMILES string of the molecule is COC(=O)c1c(C)[nH]c(C(=O)C(C)OC(=O)c2sc(COc3ccc(F)cc3)nc2C)c1C. The van der Waals surface area contributed by atoms with Crippen molar-refractivity contribution in [1.82, 2.24) is 9.97 Å². The van der Waals surface area contributed by atoms with Crippen molar-refractivity contribution >= 4 is 29.1 Å². The topological polar surface area (TPSA) is 108 Å². The van der Waals surface area contributed by atoms with Crippen LogP contribution in [0.2, 0.25) is 0 Å². The van der Waals surface area contributed by atoms with E-state index < -0.39 is 23.8 Å². The molecule has 2 aromatic heterocycles. The van der Waals surface area contributed by atoms with Crippen LogP contribution in [0.15, 0.2) is 24.3 Å². The fraction of sp³-hybridized carbons (Fsp3) is 0.304. The highest BCUT2D eigenvalue weighted by Crippen LogP contribution is 2.24. The monoisotopic (exact) mass is 474 g/mol. The van der Waals surface area contributed by atoms with Crippen LogP contribution < -0.4 is 4.74 Å². The second kappa shape index (κ2) is 9.95. The predicted octanol–water partition coefficient (Wildman–Crippen LogP) is 4.33. The molecule has 10 heteroatoms. The molecule has 2 heterocycles. The molecule has 0 saturated carbocycles. The molecule has 1 unspecified atom stereocenters.